The molecule has 0 saturated heterocycles. The first-order valence-corrected chi connectivity index (χ1v) is 11.9. The molecular formula is C24H26Cl3N3O2. The molecule has 32 heavy (non-hydrogen) atoms. The standard InChI is InChI=1S/C24H26Cl3N3O2/c1-3-5-6-7-15-8-10-16(11-9-15)18(4-2)24-28-21(30-32-24)14-22(31)29-23-19(26)12-17(25)13-20(23)27/h8-13,18H,3-7,14H2,1-2H3,(H,29,31). The number of carbonyl (C=O) groups excluding carboxylic acids is 1. The van der Waals surface area contributed by atoms with Gasteiger partial charge in [0.15, 0.2) is 5.82 Å². The average molecular weight is 495 g/mol. The zero-order valence-corrected chi connectivity index (χ0v) is 20.4. The van der Waals surface area contributed by atoms with Gasteiger partial charge in [-0.3, -0.25) is 4.79 Å². The summed E-state index contributed by atoms with van der Waals surface area (Å²) < 4.78 is 5.49. The lowest BCUT2D eigenvalue weighted by Crippen LogP contribution is -2.16. The first-order valence-electron chi connectivity index (χ1n) is 10.8. The summed E-state index contributed by atoms with van der Waals surface area (Å²) in [4.78, 5) is 16.9. The van der Waals surface area contributed by atoms with Crippen LogP contribution >= 0.6 is 34.8 Å². The Labute approximate surface area is 203 Å². The molecule has 170 valence electrons. The Balaban J connectivity index is 1.65. The van der Waals surface area contributed by atoms with E-state index in [9.17, 15) is 4.79 Å². The minimum absolute atomic E-state index is 0.0239. The molecule has 0 bridgehead atoms. The van der Waals surface area contributed by atoms with E-state index in [4.69, 9.17) is 39.3 Å². The fourth-order valence-corrected chi connectivity index (χ4v) is 4.43. The topological polar surface area (TPSA) is 68.0 Å². The third-order valence-electron chi connectivity index (χ3n) is 5.23. The Kier molecular flexibility index (Phi) is 8.97. The van der Waals surface area contributed by atoms with Gasteiger partial charge < -0.3 is 9.84 Å². The minimum atomic E-state index is -0.354. The van der Waals surface area contributed by atoms with Gasteiger partial charge in [0, 0.05) is 5.02 Å². The summed E-state index contributed by atoms with van der Waals surface area (Å²) in [5.41, 5.74) is 2.75. The van der Waals surface area contributed by atoms with E-state index >= 15 is 0 Å². The van der Waals surface area contributed by atoms with Crippen LogP contribution in [0.3, 0.4) is 0 Å². The molecule has 3 aromatic rings. The molecule has 1 unspecified atom stereocenters. The van der Waals surface area contributed by atoms with Crippen LogP contribution in [0, 0.1) is 0 Å². The van der Waals surface area contributed by atoms with Gasteiger partial charge in [-0.25, -0.2) is 0 Å². The van der Waals surface area contributed by atoms with Gasteiger partial charge in [0.2, 0.25) is 11.8 Å². The molecule has 0 saturated carbocycles. The summed E-state index contributed by atoms with van der Waals surface area (Å²) in [6.45, 7) is 4.28. The number of unbranched alkanes of at least 4 members (excludes halogenated alkanes) is 2. The van der Waals surface area contributed by atoms with Gasteiger partial charge in [-0.05, 0) is 42.5 Å². The van der Waals surface area contributed by atoms with Crippen molar-refractivity contribution in [1.29, 1.82) is 0 Å². The molecule has 1 N–H and O–H groups in total. The van der Waals surface area contributed by atoms with E-state index in [1.165, 1.54) is 37.0 Å². The quantitative estimate of drug-likeness (QED) is 0.296. The van der Waals surface area contributed by atoms with Crippen molar-refractivity contribution < 1.29 is 9.32 Å². The second-order valence-electron chi connectivity index (χ2n) is 7.68. The normalized spacial score (nSPS) is 12.0. The van der Waals surface area contributed by atoms with E-state index < -0.39 is 0 Å². The molecule has 0 fully saturated rings. The monoisotopic (exact) mass is 493 g/mol. The number of rotatable bonds is 10. The number of anilines is 1. The van der Waals surface area contributed by atoms with Crippen molar-refractivity contribution in [2.75, 3.05) is 5.32 Å². The maximum absolute atomic E-state index is 12.5. The highest BCUT2D eigenvalue weighted by Gasteiger charge is 2.21. The fraction of sp³-hybridized carbons (Fsp3) is 0.375. The van der Waals surface area contributed by atoms with E-state index in [0.717, 1.165) is 18.4 Å². The number of carbonyl (C=O) groups is 1. The van der Waals surface area contributed by atoms with Crippen molar-refractivity contribution in [3.63, 3.8) is 0 Å². The highest BCUT2D eigenvalue weighted by molar-refractivity contribution is 6.42. The van der Waals surface area contributed by atoms with Crippen LogP contribution in [0.1, 0.15) is 68.3 Å². The summed E-state index contributed by atoms with van der Waals surface area (Å²) in [5, 5.41) is 7.57. The van der Waals surface area contributed by atoms with Crippen molar-refractivity contribution in [3.05, 3.63) is 74.3 Å². The molecule has 0 aliphatic rings. The van der Waals surface area contributed by atoms with E-state index in [2.05, 4.69) is 53.6 Å². The predicted octanol–water partition coefficient (Wildman–Crippen LogP) is 7.49. The molecule has 1 atom stereocenters. The zero-order chi connectivity index (χ0) is 23.1. The summed E-state index contributed by atoms with van der Waals surface area (Å²) in [6, 6.07) is 11.6. The minimum Gasteiger partial charge on any atom is -0.339 e. The van der Waals surface area contributed by atoms with E-state index in [-0.39, 0.29) is 28.3 Å². The van der Waals surface area contributed by atoms with E-state index in [1.54, 1.807) is 0 Å². The van der Waals surface area contributed by atoms with Gasteiger partial charge in [0.25, 0.3) is 0 Å². The van der Waals surface area contributed by atoms with Crippen molar-refractivity contribution in [2.45, 2.75) is 58.3 Å². The molecule has 0 aliphatic carbocycles. The molecule has 5 nitrogen and oxygen atoms in total. The molecule has 2 aromatic carbocycles. The average Bonchev–Trinajstić information content (AvgIpc) is 3.20. The molecule has 1 heterocycles. The second-order valence-corrected chi connectivity index (χ2v) is 8.93. The van der Waals surface area contributed by atoms with Crippen LogP contribution in [0.15, 0.2) is 40.9 Å². The van der Waals surface area contributed by atoms with Crippen LogP contribution in [0.5, 0.6) is 0 Å². The first-order chi connectivity index (χ1) is 15.4. The van der Waals surface area contributed by atoms with Gasteiger partial charge in [0.1, 0.15) is 0 Å². The van der Waals surface area contributed by atoms with Crippen molar-refractivity contribution in [1.82, 2.24) is 10.1 Å². The third-order valence-corrected chi connectivity index (χ3v) is 6.05. The number of aromatic nitrogens is 2. The maximum atomic E-state index is 12.5. The van der Waals surface area contributed by atoms with Gasteiger partial charge in [-0.2, -0.15) is 4.98 Å². The summed E-state index contributed by atoms with van der Waals surface area (Å²) in [7, 11) is 0. The lowest BCUT2D eigenvalue weighted by Gasteiger charge is -2.11. The molecule has 0 aliphatic heterocycles. The van der Waals surface area contributed by atoms with Crippen LogP contribution in [-0.4, -0.2) is 16.0 Å². The molecule has 3 rings (SSSR count). The number of nitrogens with one attached hydrogen (secondary N) is 1. The van der Waals surface area contributed by atoms with Crippen molar-refractivity contribution in [3.8, 4) is 0 Å². The third kappa shape index (κ3) is 6.47. The van der Waals surface area contributed by atoms with Crippen LogP contribution in [0.25, 0.3) is 0 Å². The molecule has 0 spiro atoms. The number of benzene rings is 2. The summed E-state index contributed by atoms with van der Waals surface area (Å²) in [6.07, 6.45) is 5.49. The zero-order valence-electron chi connectivity index (χ0n) is 18.1. The molecule has 0 radical (unpaired) electrons. The lowest BCUT2D eigenvalue weighted by molar-refractivity contribution is -0.115. The Bertz CT molecular complexity index is 1030. The lowest BCUT2D eigenvalue weighted by atomic mass is 9.94. The van der Waals surface area contributed by atoms with Crippen LogP contribution < -0.4 is 5.32 Å². The molecular weight excluding hydrogens is 469 g/mol. The van der Waals surface area contributed by atoms with E-state index in [1.807, 2.05) is 0 Å². The van der Waals surface area contributed by atoms with Gasteiger partial charge in [-0.1, -0.05) is 90.9 Å². The Morgan fingerprint density at radius 1 is 1.06 bits per heavy atom. The fourth-order valence-electron chi connectivity index (χ4n) is 3.52. The smallest absolute Gasteiger partial charge is 0.234 e. The Morgan fingerprint density at radius 3 is 2.38 bits per heavy atom. The SMILES string of the molecule is CCCCCc1ccc(C(CC)c2nc(CC(=O)Nc3c(Cl)cc(Cl)cc3Cl)no2)cc1. The number of halogens is 3. The van der Waals surface area contributed by atoms with E-state index in [0.29, 0.717) is 22.4 Å². The highest BCUT2D eigenvalue weighted by Crippen LogP contribution is 2.34. The number of aryl methyl sites for hydroxylation is 1. The summed E-state index contributed by atoms with van der Waals surface area (Å²) in [5.74, 6) is 0.419. The second kappa shape index (κ2) is 11.7. The van der Waals surface area contributed by atoms with Crippen molar-refractivity contribution in [2.24, 2.45) is 0 Å². The molecule has 8 heteroatoms. The number of amides is 1. The highest BCUT2D eigenvalue weighted by atomic mass is 35.5. The Morgan fingerprint density at radius 2 is 1.75 bits per heavy atom. The number of hydrogen-bond donors (Lipinski definition) is 1. The first kappa shape index (κ1) is 24.6. The molecule has 1 amide bonds. The number of nitrogens with zero attached hydrogens (tertiary/aromatic N) is 2. The molecule has 1 aromatic heterocycles. The predicted molar refractivity (Wildman–Crippen MR) is 130 cm³/mol. The maximum Gasteiger partial charge on any atom is 0.234 e. The van der Waals surface area contributed by atoms with Gasteiger partial charge in [0.05, 0.1) is 28.1 Å². The summed E-state index contributed by atoms with van der Waals surface area (Å²) >= 11 is 18.2. The van der Waals surface area contributed by atoms with Crippen molar-refractivity contribution >= 4 is 46.4 Å². The van der Waals surface area contributed by atoms with Crippen LogP contribution in [0.2, 0.25) is 15.1 Å². The number of hydrogen-bond acceptors (Lipinski definition) is 4. The van der Waals surface area contributed by atoms with Gasteiger partial charge >= 0.3 is 0 Å². The Hall–Kier alpha value is -2.08. The largest absolute Gasteiger partial charge is 0.339 e. The van der Waals surface area contributed by atoms with Crippen LogP contribution in [-0.2, 0) is 17.6 Å². The van der Waals surface area contributed by atoms with Gasteiger partial charge in [-0.15, -0.1) is 0 Å². The van der Waals surface area contributed by atoms with Crippen LogP contribution in [0.4, 0.5) is 5.69 Å².